The number of piperazine rings is 1. The number of carbonyl (C=O) groups is 1. The van der Waals surface area contributed by atoms with E-state index in [4.69, 9.17) is 5.11 Å². The molecule has 0 radical (unpaired) electrons. The molecule has 1 N–H and O–H groups in total. The lowest BCUT2D eigenvalue weighted by Crippen LogP contribution is -2.53. The summed E-state index contributed by atoms with van der Waals surface area (Å²) in [7, 11) is -3.52. The summed E-state index contributed by atoms with van der Waals surface area (Å²) in [6.45, 7) is 3.04. The van der Waals surface area contributed by atoms with Crippen LogP contribution in [0.3, 0.4) is 0 Å². The maximum Gasteiger partial charge on any atom is 0.320 e. The van der Waals surface area contributed by atoms with Gasteiger partial charge in [0.25, 0.3) is 0 Å². The summed E-state index contributed by atoms with van der Waals surface area (Å²) in [4.78, 5) is 13.0. The number of hydrogen-bond acceptors (Lipinski definition) is 4. The van der Waals surface area contributed by atoms with Crippen molar-refractivity contribution in [1.82, 2.24) is 9.21 Å². The van der Waals surface area contributed by atoms with Crippen LogP contribution in [0.1, 0.15) is 6.92 Å². The van der Waals surface area contributed by atoms with Gasteiger partial charge in [0.05, 0.1) is 4.90 Å². The van der Waals surface area contributed by atoms with E-state index in [0.29, 0.717) is 30.7 Å². The summed E-state index contributed by atoms with van der Waals surface area (Å²) in [6, 6.07) is 5.99. The van der Waals surface area contributed by atoms with Gasteiger partial charge < -0.3 is 5.11 Å². The lowest BCUT2D eigenvalue weighted by molar-refractivity contribution is -0.143. The fourth-order valence-electron chi connectivity index (χ4n) is 2.26. The number of halogens is 1. The smallest absolute Gasteiger partial charge is 0.320 e. The second-order valence-corrected chi connectivity index (χ2v) is 7.77. The Kier molecular flexibility index (Phi) is 5.03. The number of carboxylic acid groups (broad SMARTS) is 1. The third-order valence-electron chi connectivity index (χ3n) is 3.61. The first kappa shape index (κ1) is 16.4. The van der Waals surface area contributed by atoms with Crippen LogP contribution in [-0.2, 0) is 14.8 Å². The molecule has 6 nitrogen and oxygen atoms in total. The summed E-state index contributed by atoms with van der Waals surface area (Å²) in [5, 5.41) is 8.99. The van der Waals surface area contributed by atoms with Crippen molar-refractivity contribution in [2.24, 2.45) is 0 Å². The van der Waals surface area contributed by atoms with Gasteiger partial charge in [-0.05, 0) is 25.1 Å². The van der Waals surface area contributed by atoms with Crippen LogP contribution in [-0.4, -0.2) is 60.9 Å². The van der Waals surface area contributed by atoms with Gasteiger partial charge in [0.15, 0.2) is 0 Å². The van der Waals surface area contributed by atoms with E-state index in [-0.39, 0.29) is 4.90 Å². The number of nitrogens with zero attached hydrogens (tertiary/aromatic N) is 2. The van der Waals surface area contributed by atoms with Crippen LogP contribution in [0.4, 0.5) is 0 Å². The average molecular weight is 377 g/mol. The number of carboxylic acids is 1. The molecule has 1 aromatic rings. The maximum absolute atomic E-state index is 12.5. The zero-order valence-corrected chi connectivity index (χ0v) is 14.0. The highest BCUT2D eigenvalue weighted by atomic mass is 79.9. The van der Waals surface area contributed by atoms with Crippen LogP contribution in [0, 0.1) is 0 Å². The zero-order chi connectivity index (χ0) is 15.6. The lowest BCUT2D eigenvalue weighted by Gasteiger charge is -2.35. The Hall–Kier alpha value is -0.960. The molecule has 0 aromatic heterocycles. The normalized spacial score (nSPS) is 19.3. The number of aliphatic carboxylic acids is 1. The van der Waals surface area contributed by atoms with Crippen LogP contribution >= 0.6 is 15.9 Å². The zero-order valence-electron chi connectivity index (χ0n) is 11.6. The van der Waals surface area contributed by atoms with Gasteiger partial charge in [0, 0.05) is 30.7 Å². The van der Waals surface area contributed by atoms with Crippen molar-refractivity contribution in [2.45, 2.75) is 17.9 Å². The van der Waals surface area contributed by atoms with E-state index in [1.54, 1.807) is 36.1 Å². The van der Waals surface area contributed by atoms with Crippen LogP contribution in [0.25, 0.3) is 0 Å². The monoisotopic (exact) mass is 376 g/mol. The third-order valence-corrected chi connectivity index (χ3v) is 6.00. The van der Waals surface area contributed by atoms with E-state index in [2.05, 4.69) is 15.9 Å². The molecule has 2 rings (SSSR count). The van der Waals surface area contributed by atoms with Crippen molar-refractivity contribution >= 4 is 31.9 Å². The summed E-state index contributed by atoms with van der Waals surface area (Å²) in [6.07, 6.45) is 0. The van der Waals surface area contributed by atoms with Gasteiger partial charge in [0.2, 0.25) is 10.0 Å². The summed E-state index contributed by atoms with van der Waals surface area (Å²) < 4.78 is 27.2. The predicted octanol–water partition coefficient (Wildman–Crippen LogP) is 1.23. The molecule has 8 heteroatoms. The number of sulfonamides is 1. The molecule has 21 heavy (non-hydrogen) atoms. The Morgan fingerprint density at radius 3 is 2.43 bits per heavy atom. The number of benzene rings is 1. The second kappa shape index (κ2) is 6.43. The molecule has 0 spiro atoms. The van der Waals surface area contributed by atoms with Crippen molar-refractivity contribution in [1.29, 1.82) is 0 Å². The minimum absolute atomic E-state index is 0.247. The summed E-state index contributed by atoms with van der Waals surface area (Å²) in [5.74, 6) is -0.890. The minimum Gasteiger partial charge on any atom is -0.480 e. The van der Waals surface area contributed by atoms with E-state index in [1.807, 2.05) is 0 Å². The highest BCUT2D eigenvalue weighted by Gasteiger charge is 2.31. The first-order chi connectivity index (χ1) is 9.82. The van der Waals surface area contributed by atoms with Crippen molar-refractivity contribution in [2.75, 3.05) is 26.2 Å². The molecule has 0 saturated carbocycles. The largest absolute Gasteiger partial charge is 0.480 e. The van der Waals surface area contributed by atoms with Crippen molar-refractivity contribution < 1.29 is 18.3 Å². The molecular formula is C13H17BrN2O4S. The van der Waals surface area contributed by atoms with Gasteiger partial charge in [-0.1, -0.05) is 22.0 Å². The number of rotatable bonds is 4. The van der Waals surface area contributed by atoms with Gasteiger partial charge in [-0.2, -0.15) is 4.31 Å². The van der Waals surface area contributed by atoms with Gasteiger partial charge in [-0.3, -0.25) is 9.69 Å². The SMILES string of the molecule is CC(C(=O)O)N1CCN(S(=O)(=O)c2cccc(Br)c2)CC1. The molecule has 1 aliphatic rings. The minimum atomic E-state index is -3.52. The van der Waals surface area contributed by atoms with E-state index < -0.39 is 22.0 Å². The van der Waals surface area contributed by atoms with Gasteiger partial charge in [-0.15, -0.1) is 0 Å². The standard InChI is InChI=1S/C13H17BrN2O4S/c1-10(13(17)18)15-5-7-16(8-6-15)21(19,20)12-4-2-3-11(14)9-12/h2-4,9-10H,5-8H2,1H3,(H,17,18). The molecule has 0 amide bonds. The van der Waals surface area contributed by atoms with E-state index in [1.165, 1.54) is 4.31 Å². The number of hydrogen-bond donors (Lipinski definition) is 1. The predicted molar refractivity (Wildman–Crippen MR) is 81.6 cm³/mol. The van der Waals surface area contributed by atoms with Crippen molar-refractivity contribution in [3.63, 3.8) is 0 Å². The molecule has 1 fully saturated rings. The molecule has 1 atom stereocenters. The highest BCUT2D eigenvalue weighted by Crippen LogP contribution is 2.21. The van der Waals surface area contributed by atoms with E-state index in [9.17, 15) is 13.2 Å². The summed E-state index contributed by atoms with van der Waals surface area (Å²) in [5.41, 5.74) is 0. The van der Waals surface area contributed by atoms with E-state index >= 15 is 0 Å². The van der Waals surface area contributed by atoms with Crippen LogP contribution in [0.15, 0.2) is 33.6 Å². The molecule has 0 bridgehead atoms. The van der Waals surface area contributed by atoms with Crippen LogP contribution < -0.4 is 0 Å². The van der Waals surface area contributed by atoms with Crippen molar-refractivity contribution in [3.8, 4) is 0 Å². The summed E-state index contributed by atoms with van der Waals surface area (Å²) >= 11 is 3.27. The van der Waals surface area contributed by atoms with Gasteiger partial charge >= 0.3 is 5.97 Å². The molecule has 0 aliphatic carbocycles. The van der Waals surface area contributed by atoms with Crippen LogP contribution in [0.2, 0.25) is 0 Å². The third kappa shape index (κ3) is 3.63. The molecular weight excluding hydrogens is 360 g/mol. The Labute approximate surface area is 132 Å². The second-order valence-electron chi connectivity index (χ2n) is 4.91. The fraction of sp³-hybridized carbons (Fsp3) is 0.462. The molecule has 1 aliphatic heterocycles. The maximum atomic E-state index is 12.5. The Balaban J connectivity index is 2.09. The molecule has 1 aromatic carbocycles. The molecule has 1 unspecified atom stereocenters. The van der Waals surface area contributed by atoms with E-state index in [0.717, 1.165) is 0 Å². The average Bonchev–Trinajstić information content (AvgIpc) is 2.46. The first-order valence-electron chi connectivity index (χ1n) is 6.55. The first-order valence-corrected chi connectivity index (χ1v) is 8.78. The highest BCUT2D eigenvalue weighted by molar-refractivity contribution is 9.10. The van der Waals surface area contributed by atoms with Gasteiger partial charge in [-0.25, -0.2) is 8.42 Å². The molecule has 1 saturated heterocycles. The topological polar surface area (TPSA) is 77.9 Å². The lowest BCUT2D eigenvalue weighted by atomic mass is 10.2. The fourth-order valence-corrected chi connectivity index (χ4v) is 4.28. The molecule has 116 valence electrons. The Morgan fingerprint density at radius 1 is 1.29 bits per heavy atom. The molecule has 1 heterocycles. The Morgan fingerprint density at radius 2 is 1.90 bits per heavy atom. The van der Waals surface area contributed by atoms with Crippen molar-refractivity contribution in [3.05, 3.63) is 28.7 Å². The quantitative estimate of drug-likeness (QED) is 0.854. The van der Waals surface area contributed by atoms with Crippen LogP contribution in [0.5, 0.6) is 0 Å². The Bertz CT molecular complexity index is 627. The van der Waals surface area contributed by atoms with Gasteiger partial charge in [0.1, 0.15) is 6.04 Å².